The molecule has 0 unspecified atom stereocenters. The zero-order chi connectivity index (χ0) is 17.7. The molecule has 0 heterocycles. The fourth-order valence-electron chi connectivity index (χ4n) is 2.03. The van der Waals surface area contributed by atoms with Gasteiger partial charge in [-0.1, -0.05) is 80.5 Å². The van der Waals surface area contributed by atoms with Gasteiger partial charge >= 0.3 is 29.6 Å². The fourth-order valence-corrected chi connectivity index (χ4v) is 2.03. The van der Waals surface area contributed by atoms with Gasteiger partial charge in [-0.3, -0.25) is 0 Å². The minimum absolute atomic E-state index is 0. The van der Waals surface area contributed by atoms with E-state index in [0.717, 1.165) is 25.7 Å². The van der Waals surface area contributed by atoms with E-state index in [2.05, 4.69) is 55.5 Å². The number of carboxylic acid groups (broad SMARTS) is 1. The Hall–Kier alpha value is -0.830. The van der Waals surface area contributed by atoms with Crippen molar-refractivity contribution in [1.29, 1.82) is 0 Å². The molecule has 0 aliphatic heterocycles. The largest absolute Gasteiger partial charge is 1.00 e. The Kier molecular flexibility index (Phi) is 24.5. The molecule has 0 aromatic rings. The molecule has 0 amide bonds. The van der Waals surface area contributed by atoms with Crippen LogP contribution in [0.1, 0.15) is 71.1 Å². The molecule has 3 heteroatoms. The first-order valence-corrected chi connectivity index (χ1v) is 9.22. The van der Waals surface area contributed by atoms with E-state index in [9.17, 15) is 9.90 Å². The number of carboxylic acids is 1. The van der Waals surface area contributed by atoms with Gasteiger partial charge in [0.1, 0.15) is 0 Å². The number of aliphatic carboxylic acids is 1. The Morgan fingerprint density at radius 2 is 1.08 bits per heavy atom. The molecule has 0 radical (unpaired) electrons. The Morgan fingerprint density at radius 3 is 1.48 bits per heavy atom. The van der Waals surface area contributed by atoms with E-state index in [4.69, 9.17) is 0 Å². The first-order chi connectivity index (χ1) is 11.8. The van der Waals surface area contributed by atoms with Crippen molar-refractivity contribution in [1.82, 2.24) is 0 Å². The summed E-state index contributed by atoms with van der Waals surface area (Å²) >= 11 is 0. The summed E-state index contributed by atoms with van der Waals surface area (Å²) in [6.45, 7) is 2.23. The Morgan fingerprint density at radius 1 is 0.680 bits per heavy atom. The second-order valence-corrected chi connectivity index (χ2v) is 5.71. The van der Waals surface area contributed by atoms with Crippen LogP contribution in [0.2, 0.25) is 0 Å². The van der Waals surface area contributed by atoms with Crippen LogP contribution in [0.4, 0.5) is 0 Å². The van der Waals surface area contributed by atoms with Crippen LogP contribution in [0.15, 0.2) is 60.8 Å². The predicted molar refractivity (Wildman–Crippen MR) is 103 cm³/mol. The van der Waals surface area contributed by atoms with Crippen LogP contribution in [-0.2, 0) is 4.79 Å². The molecule has 0 aliphatic carbocycles. The minimum atomic E-state index is -0.989. The molecule has 0 saturated carbocycles. The van der Waals surface area contributed by atoms with Crippen molar-refractivity contribution in [3.05, 3.63) is 60.8 Å². The Labute approximate surface area is 176 Å². The number of hydrogen-bond acceptors (Lipinski definition) is 2. The maximum Gasteiger partial charge on any atom is 1.00 e. The van der Waals surface area contributed by atoms with Crippen molar-refractivity contribution in [3.8, 4) is 0 Å². The van der Waals surface area contributed by atoms with Crippen LogP contribution in [0.3, 0.4) is 0 Å². The Bertz CT molecular complexity index is 431. The average Bonchev–Trinajstić information content (AvgIpc) is 2.56. The van der Waals surface area contributed by atoms with Crippen molar-refractivity contribution in [2.24, 2.45) is 0 Å². The third-order valence-electron chi connectivity index (χ3n) is 3.41. The number of carbonyl (C=O) groups excluding carboxylic acids is 1. The second-order valence-electron chi connectivity index (χ2n) is 5.71. The van der Waals surface area contributed by atoms with Crippen LogP contribution < -0.4 is 34.7 Å². The molecule has 134 valence electrons. The van der Waals surface area contributed by atoms with Crippen molar-refractivity contribution in [2.45, 2.75) is 71.1 Å². The molecule has 0 aromatic heterocycles. The normalized spacial score (nSPS) is 12.2. The summed E-state index contributed by atoms with van der Waals surface area (Å²) in [4.78, 5) is 10.2. The van der Waals surface area contributed by atoms with E-state index in [1.165, 1.54) is 25.7 Å². The van der Waals surface area contributed by atoms with E-state index in [1.807, 2.05) is 12.2 Å². The van der Waals surface area contributed by atoms with Gasteiger partial charge in [0.25, 0.3) is 0 Å². The topological polar surface area (TPSA) is 40.1 Å². The summed E-state index contributed by atoms with van der Waals surface area (Å²) in [5.41, 5.74) is 0. The van der Waals surface area contributed by atoms with Crippen LogP contribution in [0, 0.1) is 0 Å². The van der Waals surface area contributed by atoms with Crippen molar-refractivity contribution >= 4 is 5.97 Å². The van der Waals surface area contributed by atoms with Gasteiger partial charge in [-0.2, -0.15) is 0 Å². The SMILES string of the molecule is CCCCCC=CCC=CCC=CCC=CC/C=C\CCC(=O)[O-].[Na+]. The third-order valence-corrected chi connectivity index (χ3v) is 3.41. The summed E-state index contributed by atoms with van der Waals surface area (Å²) in [7, 11) is 0. The molecule has 0 bridgehead atoms. The molecular weight excluding hydrogens is 319 g/mol. The fraction of sp³-hybridized carbons (Fsp3) is 0.500. The molecule has 0 atom stereocenters. The number of rotatable bonds is 15. The molecule has 25 heavy (non-hydrogen) atoms. The van der Waals surface area contributed by atoms with Gasteiger partial charge in [0.15, 0.2) is 0 Å². The van der Waals surface area contributed by atoms with Gasteiger partial charge in [0, 0.05) is 5.97 Å². The van der Waals surface area contributed by atoms with Crippen molar-refractivity contribution < 1.29 is 39.5 Å². The zero-order valence-corrected chi connectivity index (χ0v) is 18.2. The first-order valence-electron chi connectivity index (χ1n) is 9.22. The molecule has 0 saturated heterocycles. The maximum absolute atomic E-state index is 10.2. The van der Waals surface area contributed by atoms with Gasteiger partial charge in [-0.15, -0.1) is 0 Å². The van der Waals surface area contributed by atoms with Crippen LogP contribution >= 0.6 is 0 Å². The van der Waals surface area contributed by atoms with Gasteiger partial charge in [-0.05, 0) is 51.4 Å². The Balaban J connectivity index is 0. The number of hydrogen-bond donors (Lipinski definition) is 0. The number of allylic oxidation sites excluding steroid dienone is 10. The third kappa shape index (κ3) is 25.5. The van der Waals surface area contributed by atoms with Crippen LogP contribution in [-0.4, -0.2) is 5.97 Å². The summed E-state index contributed by atoms with van der Waals surface area (Å²) in [5.74, 6) is -0.989. The van der Waals surface area contributed by atoms with Crippen molar-refractivity contribution in [2.75, 3.05) is 0 Å². The number of carbonyl (C=O) groups is 1. The summed E-state index contributed by atoms with van der Waals surface area (Å²) in [5, 5.41) is 10.2. The molecule has 0 N–H and O–H groups in total. The van der Waals surface area contributed by atoms with Gasteiger partial charge in [-0.25, -0.2) is 0 Å². The van der Waals surface area contributed by atoms with Crippen molar-refractivity contribution in [3.63, 3.8) is 0 Å². The summed E-state index contributed by atoms with van der Waals surface area (Å²) in [6.07, 6.45) is 31.0. The molecule has 0 spiro atoms. The molecule has 2 nitrogen and oxygen atoms in total. The van der Waals surface area contributed by atoms with E-state index >= 15 is 0 Å². The van der Waals surface area contributed by atoms with E-state index < -0.39 is 5.97 Å². The van der Waals surface area contributed by atoms with Gasteiger partial charge in [0.05, 0.1) is 0 Å². The standard InChI is InChI=1S/C22H34O2.Na/c1-2-3-4-5-6-7-8-9-10-11-12-13-14-15-16-17-18-19-20-21-22(23)24;/h6-7,9-10,12-13,15-16,18-19H,2-5,8,11,14,17,20-21H2,1H3,(H,23,24);/q;+1/p-1/b7-6?,10-9?,13-12?,16-15?,19-18-;. The van der Waals surface area contributed by atoms with E-state index in [1.54, 1.807) is 0 Å². The second kappa shape index (κ2) is 23.2. The smallest absolute Gasteiger partial charge is 0.550 e. The molecule has 0 rings (SSSR count). The number of unbranched alkanes of at least 4 members (excludes halogenated alkanes) is 3. The monoisotopic (exact) mass is 352 g/mol. The molecular formula is C22H33NaO2. The average molecular weight is 352 g/mol. The zero-order valence-electron chi connectivity index (χ0n) is 16.2. The first kappa shape index (κ1) is 26.4. The van der Waals surface area contributed by atoms with Crippen LogP contribution in [0.25, 0.3) is 0 Å². The maximum atomic E-state index is 10.2. The summed E-state index contributed by atoms with van der Waals surface area (Å²) in [6, 6.07) is 0. The van der Waals surface area contributed by atoms with Gasteiger partial charge < -0.3 is 9.90 Å². The molecule has 0 aliphatic rings. The molecule has 0 aromatic carbocycles. The van der Waals surface area contributed by atoms with E-state index in [-0.39, 0.29) is 36.0 Å². The quantitative estimate of drug-likeness (QED) is 0.258. The van der Waals surface area contributed by atoms with Gasteiger partial charge in [0.2, 0.25) is 0 Å². The van der Waals surface area contributed by atoms with E-state index in [0.29, 0.717) is 6.42 Å². The molecule has 0 fully saturated rings. The van der Waals surface area contributed by atoms with Crippen LogP contribution in [0.5, 0.6) is 0 Å². The predicted octanol–water partition coefficient (Wildman–Crippen LogP) is 2.44. The summed E-state index contributed by atoms with van der Waals surface area (Å²) < 4.78 is 0. The minimum Gasteiger partial charge on any atom is -0.550 e.